The molecule has 0 saturated carbocycles. The monoisotopic (exact) mass is 316 g/mol. The number of morpholine rings is 1. The zero-order chi connectivity index (χ0) is 15.2. The summed E-state index contributed by atoms with van der Waals surface area (Å²) in [5.41, 5.74) is 0. The molecular formula is C14H24N2O4S. The van der Waals surface area contributed by atoms with Crippen molar-refractivity contribution in [2.24, 2.45) is 5.92 Å². The molecule has 0 aromatic heterocycles. The highest BCUT2D eigenvalue weighted by Gasteiger charge is 2.27. The van der Waals surface area contributed by atoms with Gasteiger partial charge in [-0.15, -0.1) is 11.8 Å². The number of amides is 2. The highest BCUT2D eigenvalue weighted by Crippen LogP contribution is 2.18. The Bertz CT molecular complexity index is 374. The molecule has 2 aliphatic rings. The maximum Gasteiger partial charge on any atom is 0.232 e. The first-order chi connectivity index (χ1) is 10.1. The number of hydrogen-bond donors (Lipinski definition) is 1. The second kappa shape index (κ2) is 8.00. The van der Waals surface area contributed by atoms with Crippen molar-refractivity contribution in [2.45, 2.75) is 19.4 Å². The van der Waals surface area contributed by atoms with E-state index in [1.54, 1.807) is 9.80 Å². The molecule has 2 unspecified atom stereocenters. The molecule has 0 aromatic carbocycles. The summed E-state index contributed by atoms with van der Waals surface area (Å²) in [7, 11) is 0. The lowest BCUT2D eigenvalue weighted by Gasteiger charge is -2.34. The molecule has 2 rings (SSSR count). The Morgan fingerprint density at radius 3 is 2.38 bits per heavy atom. The number of likely N-dealkylation sites (tertiary alicyclic amines) is 1. The third-order valence-corrected chi connectivity index (χ3v) is 4.99. The maximum absolute atomic E-state index is 12.1. The fraction of sp³-hybridized carbons (Fsp3) is 0.857. The number of carbonyl (C=O) groups excluding carboxylic acids is 2. The van der Waals surface area contributed by atoms with Gasteiger partial charge in [-0.05, 0) is 12.3 Å². The molecule has 0 aromatic rings. The number of thioether (sulfide) groups is 1. The van der Waals surface area contributed by atoms with Crippen molar-refractivity contribution in [1.82, 2.24) is 9.80 Å². The van der Waals surface area contributed by atoms with Crippen molar-refractivity contribution in [3.8, 4) is 0 Å². The molecule has 2 amide bonds. The average molecular weight is 316 g/mol. The summed E-state index contributed by atoms with van der Waals surface area (Å²) in [5, 5.41) is 9.81. The fourth-order valence-electron chi connectivity index (χ4n) is 2.50. The third-order valence-electron chi connectivity index (χ3n) is 4.09. The summed E-state index contributed by atoms with van der Waals surface area (Å²) in [4.78, 5) is 27.5. The number of hydrogen-bond acceptors (Lipinski definition) is 5. The highest BCUT2D eigenvalue weighted by atomic mass is 32.2. The standard InChI is InChI=1S/C14H24N2O4S/c1-11-2-3-16(8-12(11)17)14(19)10-21-9-13(18)15-4-6-20-7-5-15/h11-12,17H,2-10H2,1H3. The number of rotatable bonds is 4. The van der Waals surface area contributed by atoms with Crippen molar-refractivity contribution >= 4 is 23.6 Å². The SMILES string of the molecule is CC1CCN(C(=O)CSCC(=O)N2CCOCC2)CC1O. The van der Waals surface area contributed by atoms with Gasteiger partial charge in [0.2, 0.25) is 11.8 Å². The smallest absolute Gasteiger partial charge is 0.232 e. The third kappa shape index (κ3) is 4.86. The average Bonchev–Trinajstić information content (AvgIpc) is 2.50. The van der Waals surface area contributed by atoms with Crippen LogP contribution in [0.5, 0.6) is 0 Å². The van der Waals surface area contributed by atoms with Gasteiger partial charge in [0.15, 0.2) is 0 Å². The molecular weight excluding hydrogens is 292 g/mol. The summed E-state index contributed by atoms with van der Waals surface area (Å²) in [6.45, 7) is 5.60. The molecule has 0 bridgehead atoms. The van der Waals surface area contributed by atoms with Gasteiger partial charge in [0, 0.05) is 26.2 Å². The molecule has 2 heterocycles. The van der Waals surface area contributed by atoms with Gasteiger partial charge in [0.25, 0.3) is 0 Å². The summed E-state index contributed by atoms with van der Waals surface area (Å²) in [6, 6.07) is 0. The number of piperidine rings is 1. The van der Waals surface area contributed by atoms with Crippen LogP contribution in [0.2, 0.25) is 0 Å². The van der Waals surface area contributed by atoms with E-state index in [0.29, 0.717) is 50.9 Å². The Hall–Kier alpha value is -0.790. The summed E-state index contributed by atoms with van der Waals surface area (Å²) < 4.78 is 5.21. The minimum atomic E-state index is -0.428. The number of aliphatic hydroxyl groups is 1. The maximum atomic E-state index is 12.1. The number of carbonyl (C=O) groups is 2. The van der Waals surface area contributed by atoms with Crippen LogP contribution in [-0.4, -0.2) is 83.7 Å². The zero-order valence-electron chi connectivity index (χ0n) is 12.5. The molecule has 2 fully saturated rings. The van der Waals surface area contributed by atoms with Crippen LogP contribution >= 0.6 is 11.8 Å². The van der Waals surface area contributed by atoms with Crippen molar-refractivity contribution < 1.29 is 19.4 Å². The molecule has 21 heavy (non-hydrogen) atoms. The molecule has 2 atom stereocenters. The quantitative estimate of drug-likeness (QED) is 0.778. The lowest BCUT2D eigenvalue weighted by Crippen LogP contribution is -2.46. The Balaban J connectivity index is 1.66. The first-order valence-electron chi connectivity index (χ1n) is 7.47. The normalized spacial score (nSPS) is 26.8. The minimum Gasteiger partial charge on any atom is -0.391 e. The Morgan fingerprint density at radius 1 is 1.14 bits per heavy atom. The molecule has 6 nitrogen and oxygen atoms in total. The number of aliphatic hydroxyl groups excluding tert-OH is 1. The van der Waals surface area contributed by atoms with Gasteiger partial charge in [-0.25, -0.2) is 0 Å². The van der Waals surface area contributed by atoms with Crippen molar-refractivity contribution in [3.63, 3.8) is 0 Å². The van der Waals surface area contributed by atoms with Crippen LogP contribution in [0, 0.1) is 5.92 Å². The molecule has 120 valence electrons. The van der Waals surface area contributed by atoms with Crippen molar-refractivity contribution in [1.29, 1.82) is 0 Å². The van der Waals surface area contributed by atoms with E-state index < -0.39 is 6.10 Å². The number of β-amino-alcohol motifs (C(OH)–C–C–N with tert-alkyl or cyclic N) is 1. The van der Waals surface area contributed by atoms with Gasteiger partial charge in [-0.1, -0.05) is 6.92 Å². The molecule has 2 aliphatic heterocycles. The van der Waals surface area contributed by atoms with Crippen LogP contribution in [0.1, 0.15) is 13.3 Å². The lowest BCUT2D eigenvalue weighted by molar-refractivity contribution is -0.132. The van der Waals surface area contributed by atoms with E-state index in [1.807, 2.05) is 6.92 Å². The van der Waals surface area contributed by atoms with E-state index in [9.17, 15) is 14.7 Å². The van der Waals surface area contributed by atoms with Crippen LogP contribution in [0.25, 0.3) is 0 Å². The molecule has 0 spiro atoms. The second-order valence-electron chi connectivity index (χ2n) is 5.66. The fourth-order valence-corrected chi connectivity index (χ4v) is 3.31. The molecule has 0 aliphatic carbocycles. The van der Waals surface area contributed by atoms with Gasteiger partial charge in [-0.2, -0.15) is 0 Å². The molecule has 1 N–H and O–H groups in total. The summed E-state index contributed by atoms with van der Waals surface area (Å²) in [5.74, 6) is 0.976. The van der Waals surface area contributed by atoms with E-state index in [-0.39, 0.29) is 17.7 Å². The van der Waals surface area contributed by atoms with Crippen LogP contribution in [-0.2, 0) is 14.3 Å². The largest absolute Gasteiger partial charge is 0.391 e. The number of ether oxygens (including phenoxy) is 1. The lowest BCUT2D eigenvalue weighted by atomic mass is 9.96. The first kappa shape index (κ1) is 16.6. The van der Waals surface area contributed by atoms with E-state index >= 15 is 0 Å². The Kier molecular flexibility index (Phi) is 6.32. The number of nitrogens with zero attached hydrogens (tertiary/aromatic N) is 2. The van der Waals surface area contributed by atoms with Gasteiger partial charge in [0.1, 0.15) is 0 Å². The van der Waals surface area contributed by atoms with E-state index in [0.717, 1.165) is 6.42 Å². The van der Waals surface area contributed by atoms with Crippen LogP contribution in [0.3, 0.4) is 0 Å². The molecule has 7 heteroatoms. The van der Waals surface area contributed by atoms with Crippen molar-refractivity contribution in [2.75, 3.05) is 50.9 Å². The zero-order valence-corrected chi connectivity index (χ0v) is 13.3. The molecule has 2 saturated heterocycles. The van der Waals surface area contributed by atoms with Gasteiger partial charge in [-0.3, -0.25) is 9.59 Å². The van der Waals surface area contributed by atoms with E-state index in [2.05, 4.69) is 0 Å². The van der Waals surface area contributed by atoms with Gasteiger partial charge < -0.3 is 19.6 Å². The van der Waals surface area contributed by atoms with Crippen LogP contribution < -0.4 is 0 Å². The van der Waals surface area contributed by atoms with E-state index in [4.69, 9.17) is 4.74 Å². The summed E-state index contributed by atoms with van der Waals surface area (Å²) in [6.07, 6.45) is 0.410. The topological polar surface area (TPSA) is 70.1 Å². The second-order valence-corrected chi connectivity index (χ2v) is 6.64. The van der Waals surface area contributed by atoms with Gasteiger partial charge in [0.05, 0.1) is 30.8 Å². The predicted molar refractivity (Wildman–Crippen MR) is 81.1 cm³/mol. The minimum absolute atomic E-state index is 0.0146. The van der Waals surface area contributed by atoms with Crippen LogP contribution in [0.4, 0.5) is 0 Å². The predicted octanol–water partition coefficient (Wildman–Crippen LogP) is -0.192. The van der Waals surface area contributed by atoms with Crippen molar-refractivity contribution in [3.05, 3.63) is 0 Å². The first-order valence-corrected chi connectivity index (χ1v) is 8.62. The Morgan fingerprint density at radius 2 is 1.76 bits per heavy atom. The summed E-state index contributed by atoms with van der Waals surface area (Å²) >= 11 is 1.35. The highest BCUT2D eigenvalue weighted by molar-refractivity contribution is 8.00. The Labute approximate surface area is 129 Å². The van der Waals surface area contributed by atoms with Gasteiger partial charge >= 0.3 is 0 Å². The molecule has 0 radical (unpaired) electrons. The van der Waals surface area contributed by atoms with E-state index in [1.165, 1.54) is 11.8 Å². The van der Waals surface area contributed by atoms with Crippen LogP contribution in [0.15, 0.2) is 0 Å².